The van der Waals surface area contributed by atoms with Crippen molar-refractivity contribution in [3.8, 4) is 0 Å². The highest BCUT2D eigenvalue weighted by atomic mass is 32.2. The predicted molar refractivity (Wildman–Crippen MR) is 134 cm³/mol. The smallest absolute Gasteiger partial charge is 0.221 e. The Morgan fingerprint density at radius 3 is 2.28 bits per heavy atom. The van der Waals surface area contributed by atoms with E-state index in [1.54, 1.807) is 24.9 Å². The minimum atomic E-state index is -1.75. The van der Waals surface area contributed by atoms with Crippen molar-refractivity contribution in [1.29, 1.82) is 0 Å². The lowest BCUT2D eigenvalue weighted by Gasteiger charge is -2.20. The number of aryl methyl sites for hydroxylation is 1. The molecule has 7 heteroatoms. The molecule has 0 heterocycles. The fourth-order valence-electron chi connectivity index (χ4n) is 3.48. The SMILES string of the molecule is COCc1ccc([C@@H](NC(=O)CCSC)C(=O)CCc2ccc([Si](C)(C)C)c(F)c2)cc1. The van der Waals surface area contributed by atoms with Crippen LogP contribution in [0.2, 0.25) is 19.6 Å². The molecule has 174 valence electrons. The largest absolute Gasteiger partial charge is 0.380 e. The van der Waals surface area contributed by atoms with Crippen LogP contribution in [0.15, 0.2) is 42.5 Å². The summed E-state index contributed by atoms with van der Waals surface area (Å²) in [6.07, 6.45) is 2.95. The van der Waals surface area contributed by atoms with Crippen molar-refractivity contribution in [2.24, 2.45) is 0 Å². The number of halogens is 1. The minimum Gasteiger partial charge on any atom is -0.380 e. The molecule has 4 nitrogen and oxygen atoms in total. The van der Waals surface area contributed by atoms with Gasteiger partial charge < -0.3 is 10.1 Å². The number of carbonyl (C=O) groups excluding carboxylic acids is 2. The third-order valence-corrected chi connectivity index (χ3v) is 7.92. The molecule has 0 aliphatic heterocycles. The third kappa shape index (κ3) is 7.87. The molecule has 0 radical (unpaired) electrons. The van der Waals surface area contributed by atoms with E-state index < -0.39 is 14.1 Å². The summed E-state index contributed by atoms with van der Waals surface area (Å²) in [6, 6.07) is 12.1. The molecular weight excluding hydrogens is 441 g/mol. The van der Waals surface area contributed by atoms with Crippen molar-refractivity contribution in [1.82, 2.24) is 5.32 Å². The Balaban J connectivity index is 2.15. The lowest BCUT2D eigenvalue weighted by Crippen LogP contribution is -2.40. The molecule has 0 aliphatic rings. The molecule has 0 aromatic heterocycles. The molecule has 0 saturated carbocycles. The zero-order chi connectivity index (χ0) is 23.7. The Kier molecular flexibility index (Phi) is 10.1. The van der Waals surface area contributed by atoms with Crippen LogP contribution in [-0.4, -0.2) is 38.9 Å². The number of rotatable bonds is 12. The van der Waals surface area contributed by atoms with Crippen LogP contribution >= 0.6 is 11.8 Å². The molecule has 32 heavy (non-hydrogen) atoms. The van der Waals surface area contributed by atoms with Gasteiger partial charge in [0.15, 0.2) is 5.78 Å². The summed E-state index contributed by atoms with van der Waals surface area (Å²) in [5.41, 5.74) is 2.53. The van der Waals surface area contributed by atoms with Crippen molar-refractivity contribution in [2.45, 2.75) is 51.6 Å². The number of hydrogen-bond donors (Lipinski definition) is 1. The number of thioether (sulfide) groups is 1. The van der Waals surface area contributed by atoms with E-state index in [0.717, 1.165) is 21.9 Å². The van der Waals surface area contributed by atoms with Gasteiger partial charge in [-0.05, 0) is 40.6 Å². The maximum Gasteiger partial charge on any atom is 0.221 e. The second-order valence-corrected chi connectivity index (χ2v) is 15.0. The zero-order valence-electron chi connectivity index (χ0n) is 19.7. The first-order chi connectivity index (χ1) is 15.2. The van der Waals surface area contributed by atoms with Gasteiger partial charge in [-0.1, -0.05) is 56.0 Å². The number of ether oxygens (including phenoxy) is 1. The van der Waals surface area contributed by atoms with Crippen molar-refractivity contribution >= 4 is 36.7 Å². The Labute approximate surface area is 196 Å². The predicted octanol–water partition coefficient (Wildman–Crippen LogP) is 4.63. The standard InChI is InChI=1S/C25H34FNO3SSi/c1-30-17-19-6-10-20(11-7-19)25(27-24(29)14-15-31-2)22(28)12-8-18-9-13-23(21(26)16-18)32(3,4)5/h6-7,9-11,13,16,25H,8,12,14-15,17H2,1-5H3,(H,27,29)/t25-/m1/s1. The number of benzene rings is 2. The van der Waals surface area contributed by atoms with E-state index in [0.29, 0.717) is 25.2 Å². The van der Waals surface area contributed by atoms with Crippen molar-refractivity contribution in [3.05, 3.63) is 65.0 Å². The van der Waals surface area contributed by atoms with Crippen LogP contribution in [0.5, 0.6) is 0 Å². The Morgan fingerprint density at radius 1 is 1.06 bits per heavy atom. The van der Waals surface area contributed by atoms with Crippen molar-refractivity contribution in [2.75, 3.05) is 19.1 Å². The molecule has 0 aliphatic carbocycles. The van der Waals surface area contributed by atoms with E-state index in [4.69, 9.17) is 4.74 Å². The maximum absolute atomic E-state index is 14.6. The van der Waals surface area contributed by atoms with Gasteiger partial charge >= 0.3 is 0 Å². The average Bonchev–Trinajstić information content (AvgIpc) is 2.74. The van der Waals surface area contributed by atoms with E-state index in [9.17, 15) is 14.0 Å². The van der Waals surface area contributed by atoms with Crippen LogP contribution in [0.3, 0.4) is 0 Å². The number of hydrogen-bond acceptors (Lipinski definition) is 4. The van der Waals surface area contributed by atoms with Crippen LogP contribution in [-0.2, 0) is 27.4 Å². The van der Waals surface area contributed by atoms with Gasteiger partial charge in [-0.2, -0.15) is 11.8 Å². The Morgan fingerprint density at radius 2 is 1.72 bits per heavy atom. The van der Waals surface area contributed by atoms with Crippen LogP contribution in [0.4, 0.5) is 4.39 Å². The van der Waals surface area contributed by atoms with E-state index >= 15 is 0 Å². The summed E-state index contributed by atoms with van der Waals surface area (Å²) < 4.78 is 19.7. The van der Waals surface area contributed by atoms with Crippen LogP contribution in [0.25, 0.3) is 0 Å². The Hall–Kier alpha value is -1.96. The quantitative estimate of drug-likeness (QED) is 0.455. The van der Waals surface area contributed by atoms with Crippen LogP contribution in [0, 0.1) is 5.82 Å². The van der Waals surface area contributed by atoms with Gasteiger partial charge in [0.25, 0.3) is 0 Å². The highest BCUT2D eigenvalue weighted by Gasteiger charge is 2.24. The topological polar surface area (TPSA) is 55.4 Å². The number of ketones is 1. The summed E-state index contributed by atoms with van der Waals surface area (Å²) in [6.45, 7) is 6.81. The van der Waals surface area contributed by atoms with E-state index in [2.05, 4.69) is 25.0 Å². The zero-order valence-corrected chi connectivity index (χ0v) is 21.5. The highest BCUT2D eigenvalue weighted by Crippen LogP contribution is 2.19. The highest BCUT2D eigenvalue weighted by molar-refractivity contribution is 7.98. The number of amides is 1. The second-order valence-electron chi connectivity index (χ2n) is 8.95. The molecule has 0 bridgehead atoms. The van der Waals surface area contributed by atoms with Crippen molar-refractivity contribution < 1.29 is 18.7 Å². The summed E-state index contributed by atoms with van der Waals surface area (Å²) in [5, 5.41) is 3.69. The van der Waals surface area contributed by atoms with E-state index in [1.165, 1.54) is 0 Å². The number of nitrogens with one attached hydrogen (secondary N) is 1. The van der Waals surface area contributed by atoms with Gasteiger partial charge in [0.05, 0.1) is 14.7 Å². The molecule has 2 rings (SSSR count). The number of carbonyl (C=O) groups is 2. The molecule has 1 amide bonds. The first kappa shape index (κ1) is 26.3. The average molecular weight is 476 g/mol. The molecule has 0 saturated heterocycles. The molecular formula is C25H34FNO3SSi. The molecule has 1 N–H and O–H groups in total. The first-order valence-corrected chi connectivity index (χ1v) is 15.7. The van der Waals surface area contributed by atoms with Crippen LogP contribution < -0.4 is 10.5 Å². The molecule has 0 spiro atoms. The Bertz CT molecular complexity index is 912. The van der Waals surface area contributed by atoms with E-state index in [1.807, 2.05) is 42.7 Å². The summed E-state index contributed by atoms with van der Waals surface area (Å²) in [5.74, 6) is 0.271. The van der Waals surface area contributed by atoms with Gasteiger partial charge in [0.2, 0.25) is 5.91 Å². The molecule has 0 unspecified atom stereocenters. The van der Waals surface area contributed by atoms with E-state index in [-0.39, 0.29) is 23.9 Å². The van der Waals surface area contributed by atoms with Gasteiger partial charge in [-0.15, -0.1) is 0 Å². The first-order valence-electron chi connectivity index (χ1n) is 10.8. The van der Waals surface area contributed by atoms with Gasteiger partial charge in [-0.3, -0.25) is 9.59 Å². The van der Waals surface area contributed by atoms with Gasteiger partial charge in [-0.25, -0.2) is 4.39 Å². The lowest BCUT2D eigenvalue weighted by molar-refractivity contribution is -0.127. The third-order valence-electron chi connectivity index (χ3n) is 5.29. The number of Topliss-reactive ketones (excluding diaryl/α,β-unsaturated/α-hetero) is 1. The molecule has 2 aromatic rings. The lowest BCUT2D eigenvalue weighted by atomic mass is 9.96. The minimum absolute atomic E-state index is 0.0864. The molecule has 2 aromatic carbocycles. The second kappa shape index (κ2) is 12.3. The maximum atomic E-state index is 14.6. The molecule has 0 fully saturated rings. The monoisotopic (exact) mass is 475 g/mol. The number of methoxy groups -OCH3 is 1. The summed E-state index contributed by atoms with van der Waals surface area (Å²) in [7, 11) is -0.118. The fraction of sp³-hybridized carbons (Fsp3) is 0.440. The van der Waals surface area contributed by atoms with Crippen LogP contribution in [0.1, 0.15) is 35.6 Å². The normalized spacial score (nSPS) is 12.4. The molecule has 1 atom stereocenters. The summed E-state index contributed by atoms with van der Waals surface area (Å²) in [4.78, 5) is 25.5. The summed E-state index contributed by atoms with van der Waals surface area (Å²) >= 11 is 1.59. The fourth-order valence-corrected chi connectivity index (χ4v) is 5.25. The van der Waals surface area contributed by atoms with Crippen molar-refractivity contribution in [3.63, 3.8) is 0 Å². The van der Waals surface area contributed by atoms with Gasteiger partial charge in [0, 0.05) is 25.7 Å². The van der Waals surface area contributed by atoms with Gasteiger partial charge in [0.1, 0.15) is 11.9 Å².